The fourth-order valence-corrected chi connectivity index (χ4v) is 1.82. The van der Waals surface area contributed by atoms with Gasteiger partial charge in [0, 0.05) is 38.3 Å². The number of pyridine rings is 1. The molecule has 1 atom stereocenters. The molecule has 90 valence electrons. The highest BCUT2D eigenvalue weighted by molar-refractivity contribution is 5.21. The van der Waals surface area contributed by atoms with Crippen LogP contribution in [0.4, 0.5) is 0 Å². The lowest BCUT2D eigenvalue weighted by molar-refractivity contribution is 0.528. The average molecular weight is 231 g/mol. The molecule has 0 amide bonds. The Morgan fingerprint density at radius 1 is 1.47 bits per heavy atom. The lowest BCUT2D eigenvalue weighted by Gasteiger charge is -2.16. The van der Waals surface area contributed by atoms with E-state index in [1.54, 1.807) is 6.20 Å². The number of hydrogen-bond acceptors (Lipinski definition) is 4. The first-order chi connectivity index (χ1) is 8.20. The molecule has 2 heterocycles. The molecule has 0 aliphatic heterocycles. The molecule has 0 aliphatic rings. The van der Waals surface area contributed by atoms with Crippen LogP contribution in [-0.4, -0.2) is 14.5 Å². The fourth-order valence-electron chi connectivity index (χ4n) is 1.82. The van der Waals surface area contributed by atoms with Crippen LogP contribution in [0.3, 0.4) is 0 Å². The number of aromatic nitrogens is 3. The Kier molecular flexibility index (Phi) is 3.51. The molecular formula is C12H17N5. The number of aryl methyl sites for hydroxylation is 2. The molecule has 3 N–H and O–H groups in total. The second kappa shape index (κ2) is 5.07. The molecule has 5 nitrogen and oxygen atoms in total. The molecule has 2 aromatic rings. The van der Waals surface area contributed by atoms with Crippen molar-refractivity contribution in [1.29, 1.82) is 0 Å². The van der Waals surface area contributed by atoms with E-state index >= 15 is 0 Å². The third-order valence-electron chi connectivity index (χ3n) is 2.81. The van der Waals surface area contributed by atoms with E-state index in [2.05, 4.69) is 21.5 Å². The van der Waals surface area contributed by atoms with Crippen LogP contribution in [-0.2, 0) is 13.5 Å². The third-order valence-corrected chi connectivity index (χ3v) is 2.81. The quantitative estimate of drug-likeness (QED) is 0.605. The minimum atomic E-state index is 0.0310. The highest BCUT2D eigenvalue weighted by atomic mass is 15.2. The minimum Gasteiger partial charge on any atom is -0.338 e. The summed E-state index contributed by atoms with van der Waals surface area (Å²) in [5.74, 6) is 6.60. The van der Waals surface area contributed by atoms with Gasteiger partial charge in [-0.15, -0.1) is 0 Å². The average Bonchev–Trinajstić information content (AvgIpc) is 2.71. The zero-order valence-corrected chi connectivity index (χ0v) is 10.1. The smallest absolute Gasteiger partial charge is 0.110 e. The van der Waals surface area contributed by atoms with Crippen molar-refractivity contribution in [1.82, 2.24) is 20.0 Å². The van der Waals surface area contributed by atoms with Gasteiger partial charge < -0.3 is 4.57 Å². The summed E-state index contributed by atoms with van der Waals surface area (Å²) in [6, 6.07) is 2.11. The van der Waals surface area contributed by atoms with Gasteiger partial charge in [-0.2, -0.15) is 0 Å². The van der Waals surface area contributed by atoms with Gasteiger partial charge in [0.2, 0.25) is 0 Å². The Morgan fingerprint density at radius 3 is 2.88 bits per heavy atom. The van der Waals surface area contributed by atoms with Gasteiger partial charge in [-0.1, -0.05) is 6.07 Å². The van der Waals surface area contributed by atoms with Crippen molar-refractivity contribution in [3.05, 3.63) is 47.8 Å². The summed E-state index contributed by atoms with van der Waals surface area (Å²) in [6.07, 6.45) is 8.12. The standard InChI is InChI=1S/C12H17N5/c1-9-5-10(8-14-7-9)11(16-13)6-12-15-3-4-17(12)2/h3-5,7-8,11,16H,6,13H2,1-2H3. The number of nitrogens with one attached hydrogen (secondary N) is 1. The van der Waals surface area contributed by atoms with Crippen molar-refractivity contribution in [2.24, 2.45) is 12.9 Å². The number of hydrogen-bond donors (Lipinski definition) is 2. The molecule has 0 saturated heterocycles. The SMILES string of the molecule is Cc1cncc(C(Cc2nccn2C)NN)c1. The Morgan fingerprint density at radius 2 is 2.29 bits per heavy atom. The van der Waals surface area contributed by atoms with Gasteiger partial charge in [0.25, 0.3) is 0 Å². The van der Waals surface area contributed by atoms with Gasteiger partial charge in [0.05, 0.1) is 6.04 Å². The number of nitrogens with two attached hydrogens (primary N) is 1. The van der Waals surface area contributed by atoms with Crippen molar-refractivity contribution in [3.63, 3.8) is 0 Å². The van der Waals surface area contributed by atoms with Gasteiger partial charge in [0.1, 0.15) is 5.82 Å². The van der Waals surface area contributed by atoms with E-state index < -0.39 is 0 Å². The molecule has 0 aliphatic carbocycles. The van der Waals surface area contributed by atoms with E-state index in [-0.39, 0.29) is 6.04 Å². The highest BCUT2D eigenvalue weighted by Gasteiger charge is 2.13. The van der Waals surface area contributed by atoms with Crippen molar-refractivity contribution in [2.45, 2.75) is 19.4 Å². The van der Waals surface area contributed by atoms with Gasteiger partial charge >= 0.3 is 0 Å². The monoisotopic (exact) mass is 231 g/mol. The van der Waals surface area contributed by atoms with Crippen molar-refractivity contribution >= 4 is 0 Å². The summed E-state index contributed by atoms with van der Waals surface area (Å²) in [4.78, 5) is 8.48. The molecule has 0 aromatic carbocycles. The van der Waals surface area contributed by atoms with E-state index in [9.17, 15) is 0 Å². The molecule has 0 saturated carbocycles. The van der Waals surface area contributed by atoms with Crippen molar-refractivity contribution in [2.75, 3.05) is 0 Å². The second-order valence-electron chi connectivity index (χ2n) is 4.17. The van der Waals surface area contributed by atoms with Gasteiger partial charge in [-0.3, -0.25) is 16.3 Å². The van der Waals surface area contributed by atoms with Crippen LogP contribution in [0, 0.1) is 6.92 Å². The van der Waals surface area contributed by atoms with Crippen LogP contribution >= 0.6 is 0 Å². The van der Waals surface area contributed by atoms with Crippen LogP contribution in [0.15, 0.2) is 30.9 Å². The van der Waals surface area contributed by atoms with E-state index in [1.165, 1.54) is 0 Å². The Bertz CT molecular complexity index is 491. The van der Waals surface area contributed by atoms with E-state index in [4.69, 9.17) is 5.84 Å². The first-order valence-electron chi connectivity index (χ1n) is 5.54. The summed E-state index contributed by atoms with van der Waals surface area (Å²) in [5, 5.41) is 0. The number of hydrazine groups is 1. The summed E-state index contributed by atoms with van der Waals surface area (Å²) >= 11 is 0. The van der Waals surface area contributed by atoms with Gasteiger partial charge in [0.15, 0.2) is 0 Å². The molecule has 0 fully saturated rings. The molecule has 5 heteroatoms. The lowest BCUT2D eigenvalue weighted by atomic mass is 10.0. The molecule has 1 unspecified atom stereocenters. The van der Waals surface area contributed by atoms with Crippen LogP contribution in [0.1, 0.15) is 23.0 Å². The Hall–Kier alpha value is -1.72. The first-order valence-corrected chi connectivity index (χ1v) is 5.54. The fraction of sp³-hybridized carbons (Fsp3) is 0.333. The maximum absolute atomic E-state index is 5.61. The Balaban J connectivity index is 2.20. The number of nitrogens with zero attached hydrogens (tertiary/aromatic N) is 3. The van der Waals surface area contributed by atoms with Gasteiger partial charge in [-0.05, 0) is 18.1 Å². The summed E-state index contributed by atoms with van der Waals surface area (Å²) in [5.41, 5.74) is 5.02. The predicted molar refractivity (Wildman–Crippen MR) is 66.0 cm³/mol. The topological polar surface area (TPSA) is 68.8 Å². The highest BCUT2D eigenvalue weighted by Crippen LogP contribution is 2.16. The minimum absolute atomic E-state index is 0.0310. The van der Waals surface area contributed by atoms with Crippen LogP contribution in [0.25, 0.3) is 0 Å². The lowest BCUT2D eigenvalue weighted by Crippen LogP contribution is -2.30. The maximum atomic E-state index is 5.61. The van der Waals surface area contributed by atoms with E-state index in [0.717, 1.165) is 23.4 Å². The summed E-state index contributed by atoms with van der Waals surface area (Å²) in [7, 11) is 1.98. The normalized spacial score (nSPS) is 12.6. The van der Waals surface area contributed by atoms with Gasteiger partial charge in [-0.25, -0.2) is 4.98 Å². The van der Waals surface area contributed by atoms with E-state index in [1.807, 2.05) is 37.1 Å². The molecule has 2 aromatic heterocycles. The van der Waals surface area contributed by atoms with Crippen LogP contribution < -0.4 is 11.3 Å². The van der Waals surface area contributed by atoms with Crippen molar-refractivity contribution in [3.8, 4) is 0 Å². The molecule has 2 rings (SSSR count). The molecular weight excluding hydrogens is 214 g/mol. The summed E-state index contributed by atoms with van der Waals surface area (Å²) in [6.45, 7) is 2.02. The largest absolute Gasteiger partial charge is 0.338 e. The zero-order valence-electron chi connectivity index (χ0n) is 10.1. The number of imidazole rings is 1. The van der Waals surface area contributed by atoms with E-state index in [0.29, 0.717) is 0 Å². The molecule has 0 spiro atoms. The predicted octanol–water partition coefficient (Wildman–Crippen LogP) is 0.871. The zero-order chi connectivity index (χ0) is 12.3. The maximum Gasteiger partial charge on any atom is 0.110 e. The number of rotatable bonds is 4. The first kappa shape index (κ1) is 11.8. The van der Waals surface area contributed by atoms with Crippen LogP contribution in [0.2, 0.25) is 0 Å². The van der Waals surface area contributed by atoms with Crippen molar-refractivity contribution < 1.29 is 0 Å². The van der Waals surface area contributed by atoms with Crippen LogP contribution in [0.5, 0.6) is 0 Å². The third kappa shape index (κ3) is 2.69. The summed E-state index contributed by atoms with van der Waals surface area (Å²) < 4.78 is 1.99. The molecule has 0 radical (unpaired) electrons. The Labute approximate surface area is 101 Å². The molecule has 17 heavy (non-hydrogen) atoms. The second-order valence-corrected chi connectivity index (χ2v) is 4.17. The molecule has 0 bridgehead atoms.